The summed E-state index contributed by atoms with van der Waals surface area (Å²) in [5.74, 6) is 2.23. The van der Waals surface area contributed by atoms with Gasteiger partial charge < -0.3 is 15.2 Å². The fraction of sp³-hybridized carbons (Fsp3) is 0.571. The van der Waals surface area contributed by atoms with Crippen molar-refractivity contribution >= 4 is 12.4 Å². The van der Waals surface area contributed by atoms with Crippen molar-refractivity contribution in [3.63, 3.8) is 0 Å². The summed E-state index contributed by atoms with van der Waals surface area (Å²) in [6.45, 7) is 3.99. The van der Waals surface area contributed by atoms with E-state index in [1.54, 1.807) is 14.2 Å². The summed E-state index contributed by atoms with van der Waals surface area (Å²) in [6, 6.07) is 6.11. The van der Waals surface area contributed by atoms with Crippen LogP contribution in [0.5, 0.6) is 11.5 Å². The first-order valence-corrected chi connectivity index (χ1v) is 6.40. The number of hydrogen-bond acceptors (Lipinski definition) is 4. The number of ether oxygens (including phenoxy) is 2. The van der Waals surface area contributed by atoms with Crippen LogP contribution < -0.4 is 15.2 Å². The molecular weight excluding hydrogens is 264 g/mol. The maximum atomic E-state index is 5.71. The van der Waals surface area contributed by atoms with Crippen LogP contribution in [0.3, 0.4) is 0 Å². The number of methoxy groups -OCH3 is 2. The largest absolute Gasteiger partial charge is 0.493 e. The monoisotopic (exact) mass is 286 g/mol. The van der Waals surface area contributed by atoms with Crippen molar-refractivity contribution in [1.29, 1.82) is 0 Å². The van der Waals surface area contributed by atoms with Gasteiger partial charge in [-0.2, -0.15) is 0 Å². The van der Waals surface area contributed by atoms with Crippen molar-refractivity contribution in [2.45, 2.75) is 13.0 Å². The van der Waals surface area contributed by atoms with Crippen molar-refractivity contribution < 1.29 is 9.47 Å². The van der Waals surface area contributed by atoms with E-state index < -0.39 is 0 Å². The molecule has 1 aliphatic heterocycles. The molecule has 4 nitrogen and oxygen atoms in total. The molecule has 1 aliphatic rings. The Kier molecular flexibility index (Phi) is 6.42. The van der Waals surface area contributed by atoms with Crippen molar-refractivity contribution in [2.24, 2.45) is 11.7 Å². The molecule has 0 amide bonds. The zero-order valence-corrected chi connectivity index (χ0v) is 12.4. The molecule has 0 radical (unpaired) electrons. The lowest BCUT2D eigenvalue weighted by Crippen LogP contribution is -2.22. The van der Waals surface area contributed by atoms with E-state index in [0.717, 1.165) is 37.7 Å². The summed E-state index contributed by atoms with van der Waals surface area (Å²) in [7, 11) is 3.33. The predicted octanol–water partition coefficient (Wildman–Crippen LogP) is 1.91. The van der Waals surface area contributed by atoms with Crippen LogP contribution in [0.4, 0.5) is 0 Å². The summed E-state index contributed by atoms with van der Waals surface area (Å²) < 4.78 is 10.6. The van der Waals surface area contributed by atoms with Crippen LogP contribution in [-0.4, -0.2) is 38.8 Å². The second kappa shape index (κ2) is 7.58. The van der Waals surface area contributed by atoms with E-state index in [1.807, 2.05) is 6.07 Å². The third kappa shape index (κ3) is 4.00. The van der Waals surface area contributed by atoms with E-state index >= 15 is 0 Å². The van der Waals surface area contributed by atoms with Gasteiger partial charge in [0.25, 0.3) is 0 Å². The van der Waals surface area contributed by atoms with Gasteiger partial charge in [-0.05, 0) is 43.1 Å². The maximum Gasteiger partial charge on any atom is 0.161 e. The smallest absolute Gasteiger partial charge is 0.161 e. The third-order valence-electron chi connectivity index (χ3n) is 3.56. The van der Waals surface area contributed by atoms with E-state index in [4.69, 9.17) is 15.2 Å². The molecule has 0 bridgehead atoms. The predicted molar refractivity (Wildman–Crippen MR) is 79.2 cm³/mol. The molecule has 108 valence electrons. The highest BCUT2D eigenvalue weighted by atomic mass is 35.5. The van der Waals surface area contributed by atoms with Crippen molar-refractivity contribution in [2.75, 3.05) is 33.9 Å². The number of likely N-dealkylation sites (tertiary alicyclic amines) is 1. The molecular formula is C14H23ClN2O2. The third-order valence-corrected chi connectivity index (χ3v) is 3.56. The number of halogens is 1. The van der Waals surface area contributed by atoms with Crippen molar-refractivity contribution in [1.82, 2.24) is 4.90 Å². The molecule has 0 aromatic heterocycles. The molecule has 1 fully saturated rings. The topological polar surface area (TPSA) is 47.7 Å². The van der Waals surface area contributed by atoms with E-state index in [9.17, 15) is 0 Å². The Bertz CT molecular complexity index is 401. The van der Waals surface area contributed by atoms with E-state index in [2.05, 4.69) is 17.0 Å². The van der Waals surface area contributed by atoms with Crippen LogP contribution >= 0.6 is 12.4 Å². The van der Waals surface area contributed by atoms with Gasteiger partial charge >= 0.3 is 0 Å². The highest BCUT2D eigenvalue weighted by Gasteiger charge is 2.21. The minimum Gasteiger partial charge on any atom is -0.493 e. The van der Waals surface area contributed by atoms with Gasteiger partial charge in [0.15, 0.2) is 11.5 Å². The van der Waals surface area contributed by atoms with Gasteiger partial charge in [0, 0.05) is 13.1 Å². The SMILES string of the molecule is COc1ccc(CN2CCC(CN)C2)cc1OC.Cl. The maximum absolute atomic E-state index is 5.71. The molecule has 0 spiro atoms. The quantitative estimate of drug-likeness (QED) is 0.898. The molecule has 19 heavy (non-hydrogen) atoms. The molecule has 1 saturated heterocycles. The molecule has 1 heterocycles. The summed E-state index contributed by atoms with van der Waals surface area (Å²) in [5.41, 5.74) is 6.96. The first-order chi connectivity index (χ1) is 8.76. The van der Waals surface area contributed by atoms with Gasteiger partial charge in [-0.25, -0.2) is 0 Å². The Morgan fingerprint density at radius 3 is 2.58 bits per heavy atom. The van der Waals surface area contributed by atoms with Gasteiger partial charge in [0.2, 0.25) is 0 Å². The molecule has 2 rings (SSSR count). The normalized spacial score (nSPS) is 19.0. The standard InChI is InChI=1S/C14H22N2O2.ClH/c1-17-13-4-3-11(7-14(13)18-2)9-16-6-5-12(8-15)10-16;/h3-4,7,12H,5-6,8-10,15H2,1-2H3;1H. The Labute approximate surface area is 121 Å². The molecule has 5 heteroatoms. The summed E-state index contributed by atoms with van der Waals surface area (Å²) in [5, 5.41) is 0. The first-order valence-electron chi connectivity index (χ1n) is 6.40. The van der Waals surface area contributed by atoms with Crippen molar-refractivity contribution in [3.05, 3.63) is 23.8 Å². The van der Waals surface area contributed by atoms with E-state index in [-0.39, 0.29) is 12.4 Å². The molecule has 2 N–H and O–H groups in total. The molecule has 1 unspecified atom stereocenters. The number of nitrogens with two attached hydrogens (primary N) is 1. The van der Waals surface area contributed by atoms with Gasteiger partial charge in [-0.1, -0.05) is 6.07 Å². The van der Waals surface area contributed by atoms with Gasteiger partial charge in [-0.3, -0.25) is 4.90 Å². The lowest BCUT2D eigenvalue weighted by Gasteiger charge is -2.17. The van der Waals surface area contributed by atoms with E-state index in [1.165, 1.54) is 12.0 Å². The second-order valence-corrected chi connectivity index (χ2v) is 4.81. The van der Waals surface area contributed by atoms with Crippen LogP contribution in [0.15, 0.2) is 18.2 Å². The molecule has 0 saturated carbocycles. The number of benzene rings is 1. The average molecular weight is 287 g/mol. The zero-order valence-electron chi connectivity index (χ0n) is 11.6. The fourth-order valence-corrected chi connectivity index (χ4v) is 2.49. The first kappa shape index (κ1) is 16.1. The van der Waals surface area contributed by atoms with Crippen LogP contribution in [0, 0.1) is 5.92 Å². The fourth-order valence-electron chi connectivity index (χ4n) is 2.49. The minimum atomic E-state index is 0. The van der Waals surface area contributed by atoms with Crippen LogP contribution in [0.25, 0.3) is 0 Å². The molecule has 1 aromatic rings. The van der Waals surface area contributed by atoms with Crippen molar-refractivity contribution in [3.8, 4) is 11.5 Å². The van der Waals surface area contributed by atoms with Gasteiger partial charge in [0.1, 0.15) is 0 Å². The average Bonchev–Trinajstić information content (AvgIpc) is 2.86. The Balaban J connectivity index is 0.00000180. The summed E-state index contributed by atoms with van der Waals surface area (Å²) in [6.07, 6.45) is 1.21. The number of rotatable bonds is 5. The highest BCUT2D eigenvalue weighted by Crippen LogP contribution is 2.28. The lowest BCUT2D eigenvalue weighted by atomic mass is 10.1. The van der Waals surface area contributed by atoms with Crippen LogP contribution in [0.1, 0.15) is 12.0 Å². The second-order valence-electron chi connectivity index (χ2n) is 4.81. The number of hydrogen-bond donors (Lipinski definition) is 1. The molecule has 1 aromatic carbocycles. The van der Waals surface area contributed by atoms with Gasteiger partial charge in [-0.15, -0.1) is 12.4 Å². The Morgan fingerprint density at radius 1 is 1.26 bits per heavy atom. The van der Waals surface area contributed by atoms with E-state index in [0.29, 0.717) is 5.92 Å². The lowest BCUT2D eigenvalue weighted by molar-refractivity contribution is 0.315. The summed E-state index contributed by atoms with van der Waals surface area (Å²) >= 11 is 0. The Hall–Kier alpha value is -0.970. The number of nitrogens with zero attached hydrogens (tertiary/aromatic N) is 1. The van der Waals surface area contributed by atoms with Crippen LogP contribution in [0.2, 0.25) is 0 Å². The zero-order chi connectivity index (χ0) is 13.0. The molecule has 1 atom stereocenters. The summed E-state index contributed by atoms with van der Waals surface area (Å²) in [4.78, 5) is 2.44. The highest BCUT2D eigenvalue weighted by molar-refractivity contribution is 5.85. The van der Waals surface area contributed by atoms with Crippen LogP contribution in [-0.2, 0) is 6.54 Å². The van der Waals surface area contributed by atoms with Gasteiger partial charge in [0.05, 0.1) is 14.2 Å². The molecule has 0 aliphatic carbocycles. The minimum absolute atomic E-state index is 0. The Morgan fingerprint density at radius 2 is 2.00 bits per heavy atom.